The highest BCUT2D eigenvalue weighted by Gasteiger charge is 2.76. The van der Waals surface area contributed by atoms with Crippen molar-refractivity contribution in [1.29, 1.82) is 0 Å². The van der Waals surface area contributed by atoms with Crippen molar-refractivity contribution in [2.45, 2.75) is 387 Å². The van der Waals surface area contributed by atoms with Crippen LogP contribution in [0.1, 0.15) is 237 Å². The van der Waals surface area contributed by atoms with Gasteiger partial charge in [0, 0.05) is 63.9 Å². The molecular formula is C84H138O20. The van der Waals surface area contributed by atoms with E-state index in [1.54, 1.807) is 0 Å². The van der Waals surface area contributed by atoms with E-state index in [-0.39, 0.29) is 53.9 Å². The number of fused-ring (bicyclic) bond motifs is 20. The standard InChI is InChI=1S/C11H18O2.C10H16O2.C10H18O2.C9H14O2.C9H16O2.C8H12O2.C8H14O2.C7H10O2.C7H12O2.C5H8O2/c1-10(2)7-5-8(10)11(3-4-12)9(6-7)13-11;1-9(2)6-3-7(9)10(5-11)8(4-6)12-10;1-9(2,11)7-4-5-10(3)8(6-7)12-10;1-9(2)4-3-5(10)6(9)8-7(4)11-8;1-3-9(10)5-4-8(2)7(6-9)11-8;9-3-5-1-4-2-6(5)8-7(4)10-8;1-5-2-7-8(10-7)3-6(5)4-9;8-5-2-3-1-4(5)7-6(3)9-7;8-4-5-1-2-6-7(3-5)9-6;6-3-1-4-5(2-3)7-4/h7-9,12H,3-6H2,1-2H3;6-8,11H,3-5H2,1-2H3;7-8,11H,4-6H2,1-3H3;4-8,10H,3H2,1-2H3;7,10H,3-6H2,1-2H3;4-9H,1-3H2;5-9H,2-4H2,1H3;3-8H,1-2H2;5-8H,1-4H2;3-6H,1-2H2. The average molecular weight is 1470 g/mol. The van der Waals surface area contributed by atoms with Crippen molar-refractivity contribution in [3.8, 4) is 0 Å². The van der Waals surface area contributed by atoms with Crippen LogP contribution in [0.3, 0.4) is 0 Å². The fraction of sp³-hybridized carbons (Fsp3) is 1.00. The summed E-state index contributed by atoms with van der Waals surface area (Å²) in [4.78, 5) is 0. The van der Waals surface area contributed by atoms with Gasteiger partial charge in [-0.05, 0) is 249 Å². The number of hydrogen-bond acceptors (Lipinski definition) is 20. The molecule has 20 heteroatoms. The number of ether oxygens (including phenoxy) is 10. The van der Waals surface area contributed by atoms with Crippen molar-refractivity contribution in [3.63, 3.8) is 0 Å². The van der Waals surface area contributed by atoms with Crippen molar-refractivity contribution in [2.75, 3.05) is 33.0 Å². The second kappa shape index (κ2) is 27.8. The van der Waals surface area contributed by atoms with Gasteiger partial charge in [0.25, 0.3) is 0 Å². The van der Waals surface area contributed by atoms with Crippen LogP contribution >= 0.6 is 0 Å². The zero-order chi connectivity index (χ0) is 73.7. The number of aliphatic hydroxyl groups excluding tert-OH is 8. The third-order valence-corrected chi connectivity index (χ3v) is 33.9. The van der Waals surface area contributed by atoms with Gasteiger partial charge in [-0.3, -0.25) is 0 Å². The van der Waals surface area contributed by atoms with Gasteiger partial charge in [0.15, 0.2) is 0 Å². The van der Waals surface area contributed by atoms with Gasteiger partial charge in [-0.15, -0.1) is 0 Å². The molecule has 10 aliphatic heterocycles. The van der Waals surface area contributed by atoms with E-state index >= 15 is 0 Å². The molecule has 10 bridgehead atoms. The lowest BCUT2D eigenvalue weighted by molar-refractivity contribution is -0.0972. The fourth-order valence-corrected chi connectivity index (χ4v) is 25.4. The normalized spacial score (nSPS) is 56.6. The molecule has 20 nitrogen and oxygen atoms in total. The molecule has 38 atom stereocenters. The summed E-state index contributed by atoms with van der Waals surface area (Å²) < 4.78 is 54.6. The quantitative estimate of drug-likeness (QED) is 0.102. The Bertz CT molecular complexity index is 3000. The number of aliphatic hydroxyl groups is 10. The lowest BCUT2D eigenvalue weighted by Gasteiger charge is -2.58. The minimum absolute atomic E-state index is 0.0289. The van der Waals surface area contributed by atoms with Crippen LogP contribution in [0, 0.1) is 105 Å². The summed E-state index contributed by atoms with van der Waals surface area (Å²) in [6, 6.07) is 0. The summed E-state index contributed by atoms with van der Waals surface area (Å²) >= 11 is 0. The molecule has 10 N–H and O–H groups in total. The Labute approximate surface area is 620 Å². The maximum absolute atomic E-state index is 9.91. The largest absolute Gasteiger partial charge is 0.396 e. The van der Waals surface area contributed by atoms with E-state index in [0.717, 1.165) is 138 Å². The molecule has 17 saturated carbocycles. The second-order valence-electron chi connectivity index (χ2n) is 41.4. The Morgan fingerprint density at radius 1 is 0.452 bits per heavy atom. The summed E-state index contributed by atoms with van der Waals surface area (Å²) in [5, 5.41) is 92.6. The van der Waals surface area contributed by atoms with Crippen LogP contribution in [0.4, 0.5) is 0 Å². The first-order chi connectivity index (χ1) is 49.2. The van der Waals surface area contributed by atoms with E-state index < -0.39 is 11.2 Å². The first-order valence-corrected chi connectivity index (χ1v) is 42.3. The van der Waals surface area contributed by atoms with Crippen molar-refractivity contribution in [1.82, 2.24) is 0 Å². The van der Waals surface area contributed by atoms with Crippen molar-refractivity contribution in [3.05, 3.63) is 0 Å². The zero-order valence-corrected chi connectivity index (χ0v) is 65.2. The van der Waals surface area contributed by atoms with Crippen LogP contribution in [0.2, 0.25) is 0 Å². The van der Waals surface area contributed by atoms with Crippen LogP contribution in [0.25, 0.3) is 0 Å². The molecule has 0 radical (unpaired) electrons. The molecular weight excluding hydrogens is 1330 g/mol. The van der Waals surface area contributed by atoms with Crippen molar-refractivity contribution < 1.29 is 98.4 Å². The molecule has 27 fully saturated rings. The van der Waals surface area contributed by atoms with Gasteiger partial charge in [0.2, 0.25) is 0 Å². The maximum atomic E-state index is 9.91. The van der Waals surface area contributed by atoms with Crippen LogP contribution in [0.15, 0.2) is 0 Å². The average Bonchev–Trinajstić information content (AvgIpc) is 1.52. The van der Waals surface area contributed by atoms with Crippen LogP contribution in [-0.4, -0.2) is 234 Å². The topological polar surface area (TPSA) is 328 Å². The van der Waals surface area contributed by atoms with Gasteiger partial charge >= 0.3 is 0 Å². The van der Waals surface area contributed by atoms with Gasteiger partial charge in [0.05, 0.1) is 145 Å². The second-order valence-corrected chi connectivity index (χ2v) is 41.4. The molecule has 17 aliphatic carbocycles. The Balaban J connectivity index is 0.0000000893. The molecule has 0 spiro atoms. The minimum Gasteiger partial charge on any atom is -0.396 e. The predicted octanol–water partition coefficient (Wildman–Crippen LogP) is 8.53. The minimum atomic E-state index is -0.521. The molecule has 0 aromatic rings. The molecule has 0 amide bonds. The van der Waals surface area contributed by atoms with Gasteiger partial charge in [-0.1, -0.05) is 55.4 Å². The molecule has 0 aromatic heterocycles. The van der Waals surface area contributed by atoms with Gasteiger partial charge in [-0.25, -0.2) is 0 Å². The predicted molar refractivity (Wildman–Crippen MR) is 384 cm³/mol. The number of rotatable bonds is 8. The third-order valence-electron chi connectivity index (χ3n) is 33.9. The molecule has 38 unspecified atom stereocenters. The molecule has 27 aliphatic rings. The van der Waals surface area contributed by atoms with E-state index in [9.17, 15) is 25.5 Å². The number of epoxide rings is 10. The molecule has 27 rings (SSSR count). The molecule has 594 valence electrons. The summed E-state index contributed by atoms with van der Waals surface area (Å²) in [5.74, 6) is 9.62. The molecule has 10 saturated heterocycles. The summed E-state index contributed by atoms with van der Waals surface area (Å²) in [5.41, 5.74) is 0.632. The van der Waals surface area contributed by atoms with E-state index in [1.165, 1.54) is 51.4 Å². The highest BCUT2D eigenvalue weighted by atomic mass is 16.6. The van der Waals surface area contributed by atoms with Crippen molar-refractivity contribution >= 4 is 0 Å². The highest BCUT2D eigenvalue weighted by molar-refractivity contribution is 5.24. The van der Waals surface area contributed by atoms with E-state index in [2.05, 4.69) is 62.3 Å². The van der Waals surface area contributed by atoms with E-state index in [4.69, 9.17) is 72.9 Å². The summed E-state index contributed by atoms with van der Waals surface area (Å²) in [6.07, 6.45) is 33.7. The van der Waals surface area contributed by atoms with Crippen LogP contribution < -0.4 is 0 Å². The maximum Gasteiger partial charge on any atom is 0.121 e. The lowest BCUT2D eigenvalue weighted by atomic mass is 9.45. The SMILES string of the molecule is CC(C)(O)C1CCC2(C)OC2C1.CC1(C)C2CC(O)C1C1OC12.CC1(C)C2CC3OC3(CCO)C1C2.CC1(C)C2CC3OC3(CO)C1C2.CC1CC2OC2CC1CO.CCC1(O)CCC2(C)OC2C1.OC1CC2CC1C1OC21.OC1CC2OC2C1.OCC1CC2CC1C1OC21.OCC1CCC2OC2C1. The summed E-state index contributed by atoms with van der Waals surface area (Å²) in [6.45, 7) is 27.9. The Morgan fingerprint density at radius 2 is 1.02 bits per heavy atom. The first kappa shape index (κ1) is 77.2. The summed E-state index contributed by atoms with van der Waals surface area (Å²) in [7, 11) is 0. The lowest BCUT2D eigenvalue weighted by Crippen LogP contribution is -2.58. The van der Waals surface area contributed by atoms with Crippen molar-refractivity contribution in [2.24, 2.45) is 105 Å². The van der Waals surface area contributed by atoms with Gasteiger partial charge in [0.1, 0.15) is 11.2 Å². The monoisotopic (exact) mass is 1470 g/mol. The van der Waals surface area contributed by atoms with E-state index in [0.29, 0.717) is 187 Å². The van der Waals surface area contributed by atoms with Crippen LogP contribution in [0.5, 0.6) is 0 Å². The molecule has 104 heavy (non-hydrogen) atoms. The third kappa shape index (κ3) is 14.6. The Kier molecular flexibility index (Phi) is 20.6. The smallest absolute Gasteiger partial charge is 0.121 e. The first-order valence-electron chi connectivity index (χ1n) is 42.3. The zero-order valence-electron chi connectivity index (χ0n) is 65.2. The highest BCUT2D eigenvalue weighted by Crippen LogP contribution is 2.73. The van der Waals surface area contributed by atoms with Gasteiger partial charge in [-0.2, -0.15) is 0 Å². The molecule has 10 heterocycles. The Hall–Kier alpha value is -0.800. The number of hydrogen-bond donors (Lipinski definition) is 10. The Morgan fingerprint density at radius 3 is 1.51 bits per heavy atom. The van der Waals surface area contributed by atoms with Gasteiger partial charge < -0.3 is 98.4 Å². The fourth-order valence-electron chi connectivity index (χ4n) is 25.4. The molecule has 0 aromatic carbocycles. The van der Waals surface area contributed by atoms with Crippen LogP contribution in [-0.2, 0) is 47.4 Å². The van der Waals surface area contributed by atoms with E-state index in [1.807, 2.05) is 20.8 Å².